The highest BCUT2D eigenvalue weighted by Gasteiger charge is 2.26. The van der Waals surface area contributed by atoms with Gasteiger partial charge in [-0.25, -0.2) is 4.39 Å². The van der Waals surface area contributed by atoms with Gasteiger partial charge in [0.25, 0.3) is 11.8 Å². The molecule has 29 heavy (non-hydrogen) atoms. The van der Waals surface area contributed by atoms with Gasteiger partial charge in [-0.05, 0) is 50.0 Å². The van der Waals surface area contributed by atoms with Crippen molar-refractivity contribution in [2.24, 2.45) is 0 Å². The first-order chi connectivity index (χ1) is 14.1. The minimum absolute atomic E-state index is 0.157. The topological polar surface area (TPSA) is 70.5 Å². The second-order valence-corrected chi connectivity index (χ2v) is 7.65. The molecule has 0 aliphatic carbocycles. The Hall–Kier alpha value is -2.74. The van der Waals surface area contributed by atoms with Crippen LogP contribution in [0.5, 0.6) is 0 Å². The highest BCUT2D eigenvalue weighted by Crippen LogP contribution is 2.17. The van der Waals surface area contributed by atoms with Crippen molar-refractivity contribution in [3.05, 3.63) is 53.1 Å². The average molecular weight is 399 g/mol. The predicted octanol–water partition coefficient (Wildman–Crippen LogP) is 1.89. The summed E-state index contributed by atoms with van der Waals surface area (Å²) < 4.78 is 14.8. The number of hydrogen-bond donors (Lipinski definition) is 1. The van der Waals surface area contributed by atoms with E-state index >= 15 is 0 Å². The van der Waals surface area contributed by atoms with Crippen LogP contribution in [-0.4, -0.2) is 64.1 Å². The second kappa shape index (κ2) is 8.73. The van der Waals surface area contributed by atoms with E-state index in [4.69, 9.17) is 0 Å². The van der Waals surface area contributed by atoms with E-state index in [2.05, 4.69) is 15.3 Å². The molecule has 154 valence electrons. The van der Waals surface area contributed by atoms with Gasteiger partial charge in [-0.3, -0.25) is 14.3 Å². The highest BCUT2D eigenvalue weighted by molar-refractivity contribution is 5.98. The number of nitrogens with zero attached hydrogens (tertiary/aromatic N) is 4. The normalized spacial score (nSPS) is 17.3. The summed E-state index contributed by atoms with van der Waals surface area (Å²) in [6.07, 6.45) is 3.19. The number of rotatable bonds is 6. The second-order valence-electron chi connectivity index (χ2n) is 7.65. The molecule has 2 amide bonds. The zero-order valence-corrected chi connectivity index (χ0v) is 16.4. The van der Waals surface area contributed by atoms with E-state index in [0.717, 1.165) is 31.6 Å². The molecular weight excluding hydrogens is 373 g/mol. The molecule has 0 radical (unpaired) electrons. The van der Waals surface area contributed by atoms with Gasteiger partial charge in [0.05, 0.1) is 0 Å². The van der Waals surface area contributed by atoms with Crippen molar-refractivity contribution in [2.45, 2.75) is 32.4 Å². The third kappa shape index (κ3) is 4.64. The van der Waals surface area contributed by atoms with E-state index in [1.165, 1.54) is 25.0 Å². The van der Waals surface area contributed by atoms with Crippen molar-refractivity contribution in [1.29, 1.82) is 0 Å². The van der Waals surface area contributed by atoms with Gasteiger partial charge in [-0.2, -0.15) is 5.10 Å². The molecule has 1 aromatic heterocycles. The highest BCUT2D eigenvalue weighted by atomic mass is 19.1. The molecule has 0 atom stereocenters. The maximum Gasteiger partial charge on any atom is 0.272 e. The zero-order valence-electron chi connectivity index (χ0n) is 16.4. The van der Waals surface area contributed by atoms with Gasteiger partial charge in [0.15, 0.2) is 5.69 Å². The number of aryl methyl sites for hydroxylation is 1. The third-order valence-electron chi connectivity index (χ3n) is 5.52. The Morgan fingerprint density at radius 1 is 1.07 bits per heavy atom. The number of halogens is 1. The lowest BCUT2D eigenvalue weighted by atomic mass is 10.2. The van der Waals surface area contributed by atoms with E-state index in [-0.39, 0.29) is 23.3 Å². The summed E-state index contributed by atoms with van der Waals surface area (Å²) in [6.45, 7) is 5.18. The van der Waals surface area contributed by atoms with Crippen molar-refractivity contribution in [1.82, 2.24) is 24.9 Å². The fourth-order valence-electron chi connectivity index (χ4n) is 3.93. The molecule has 0 spiro atoms. The van der Waals surface area contributed by atoms with Gasteiger partial charge < -0.3 is 15.1 Å². The van der Waals surface area contributed by atoms with Crippen LogP contribution < -0.4 is 5.32 Å². The number of carbonyl (C=O) groups excluding carboxylic acids is 2. The van der Waals surface area contributed by atoms with Gasteiger partial charge in [0.2, 0.25) is 0 Å². The molecule has 3 heterocycles. The monoisotopic (exact) mass is 399 g/mol. The number of benzene rings is 1. The summed E-state index contributed by atoms with van der Waals surface area (Å²) in [5.74, 6) is -0.701. The lowest BCUT2D eigenvalue weighted by molar-refractivity contribution is 0.0745. The lowest BCUT2D eigenvalue weighted by Crippen LogP contribution is -2.33. The minimum Gasteiger partial charge on any atom is -0.349 e. The maximum absolute atomic E-state index is 13.1. The number of amides is 2. The SMILES string of the molecule is O=C(NCCN1CCCC1)c1cc2n(n1)CCCN(Cc1ccc(F)cc1)C2=O. The van der Waals surface area contributed by atoms with E-state index in [1.807, 2.05) is 0 Å². The number of aromatic nitrogens is 2. The van der Waals surface area contributed by atoms with Crippen LogP contribution in [0.2, 0.25) is 0 Å². The largest absolute Gasteiger partial charge is 0.349 e. The molecule has 1 aromatic carbocycles. The molecule has 7 nitrogen and oxygen atoms in total. The Morgan fingerprint density at radius 2 is 1.83 bits per heavy atom. The number of nitrogens with one attached hydrogen (secondary N) is 1. The standard InChI is InChI=1S/C21H26FN5O2/c22-17-6-4-16(5-7-17)15-26-11-3-12-27-19(21(26)29)14-18(24-27)20(28)23-8-13-25-9-1-2-10-25/h4-7,14H,1-3,8-13,15H2,(H,23,28). The summed E-state index contributed by atoms with van der Waals surface area (Å²) in [6, 6.07) is 7.74. The Labute approximate surface area is 169 Å². The van der Waals surface area contributed by atoms with Gasteiger partial charge in [-0.1, -0.05) is 12.1 Å². The van der Waals surface area contributed by atoms with E-state index < -0.39 is 0 Å². The number of carbonyl (C=O) groups is 2. The summed E-state index contributed by atoms with van der Waals surface area (Å²) in [5, 5.41) is 7.26. The van der Waals surface area contributed by atoms with Gasteiger partial charge in [0.1, 0.15) is 11.5 Å². The summed E-state index contributed by atoms with van der Waals surface area (Å²) in [7, 11) is 0. The van der Waals surface area contributed by atoms with Crippen molar-refractivity contribution < 1.29 is 14.0 Å². The fourth-order valence-corrected chi connectivity index (χ4v) is 3.93. The molecule has 2 aromatic rings. The average Bonchev–Trinajstić information content (AvgIpc) is 3.36. The maximum atomic E-state index is 13.1. The van der Waals surface area contributed by atoms with Crippen molar-refractivity contribution in [3.63, 3.8) is 0 Å². The molecule has 1 N–H and O–H groups in total. The van der Waals surface area contributed by atoms with Crippen LogP contribution in [0.15, 0.2) is 30.3 Å². The van der Waals surface area contributed by atoms with Gasteiger partial charge >= 0.3 is 0 Å². The first kappa shape index (κ1) is 19.6. The van der Waals surface area contributed by atoms with Gasteiger partial charge in [-0.15, -0.1) is 0 Å². The number of hydrogen-bond acceptors (Lipinski definition) is 4. The van der Waals surface area contributed by atoms with Crippen molar-refractivity contribution >= 4 is 11.8 Å². The Morgan fingerprint density at radius 3 is 2.59 bits per heavy atom. The molecule has 0 unspecified atom stereocenters. The summed E-state index contributed by atoms with van der Waals surface area (Å²) in [4.78, 5) is 29.5. The van der Waals surface area contributed by atoms with Gasteiger partial charge in [0, 0.05) is 38.8 Å². The van der Waals surface area contributed by atoms with E-state index in [9.17, 15) is 14.0 Å². The Bertz CT molecular complexity index is 874. The van der Waals surface area contributed by atoms with Crippen LogP contribution >= 0.6 is 0 Å². The molecule has 0 saturated carbocycles. The molecule has 1 fully saturated rings. The van der Waals surface area contributed by atoms with E-state index in [1.54, 1.807) is 27.8 Å². The quantitative estimate of drug-likeness (QED) is 0.805. The molecule has 1 saturated heterocycles. The molecular formula is C21H26FN5O2. The van der Waals surface area contributed by atoms with Crippen molar-refractivity contribution in [3.8, 4) is 0 Å². The lowest BCUT2D eigenvalue weighted by Gasteiger charge is -2.20. The van der Waals surface area contributed by atoms with Crippen LogP contribution in [0, 0.1) is 5.82 Å². The molecule has 8 heteroatoms. The predicted molar refractivity (Wildman–Crippen MR) is 106 cm³/mol. The molecule has 4 rings (SSSR count). The first-order valence-electron chi connectivity index (χ1n) is 10.2. The molecule has 0 bridgehead atoms. The van der Waals surface area contributed by atoms with Crippen molar-refractivity contribution in [2.75, 3.05) is 32.7 Å². The Balaban J connectivity index is 1.40. The zero-order chi connectivity index (χ0) is 20.2. The minimum atomic E-state index is -0.297. The third-order valence-corrected chi connectivity index (χ3v) is 5.52. The van der Waals surface area contributed by atoms with E-state index in [0.29, 0.717) is 31.9 Å². The van der Waals surface area contributed by atoms with Crippen LogP contribution in [0.25, 0.3) is 0 Å². The number of likely N-dealkylation sites (tertiary alicyclic amines) is 1. The molecule has 2 aliphatic heterocycles. The summed E-state index contributed by atoms with van der Waals surface area (Å²) in [5.41, 5.74) is 1.57. The smallest absolute Gasteiger partial charge is 0.272 e. The van der Waals surface area contributed by atoms with Crippen LogP contribution in [0.1, 0.15) is 45.8 Å². The molecule has 2 aliphatic rings. The van der Waals surface area contributed by atoms with Crippen LogP contribution in [-0.2, 0) is 13.1 Å². The van der Waals surface area contributed by atoms with Crippen LogP contribution in [0.4, 0.5) is 4.39 Å². The fraction of sp³-hybridized carbons (Fsp3) is 0.476. The Kier molecular flexibility index (Phi) is 5.89. The van der Waals surface area contributed by atoms with Crippen LogP contribution in [0.3, 0.4) is 0 Å². The first-order valence-corrected chi connectivity index (χ1v) is 10.2. The number of fused-ring (bicyclic) bond motifs is 1. The summed E-state index contributed by atoms with van der Waals surface area (Å²) >= 11 is 0.